The summed E-state index contributed by atoms with van der Waals surface area (Å²) in [6.07, 6.45) is -5.40. The lowest BCUT2D eigenvalue weighted by molar-refractivity contribution is -0.0501. The molecule has 0 radical (unpaired) electrons. The van der Waals surface area contributed by atoms with Crippen LogP contribution in [0.25, 0.3) is 11.2 Å². The van der Waals surface area contributed by atoms with Gasteiger partial charge in [-0.25, -0.2) is 18.7 Å². The maximum Gasteiger partial charge on any atom is 0.480 e. The molecule has 0 bridgehead atoms. The number of hydrogen-bond acceptors (Lipinski definition) is 14. The summed E-state index contributed by atoms with van der Waals surface area (Å²) in [6, 6.07) is 11.8. The number of nitrogens with zero attached hydrogens (tertiary/aromatic N) is 3. The van der Waals surface area contributed by atoms with Crippen LogP contribution in [-0.2, 0) is 27.3 Å². The van der Waals surface area contributed by atoms with Gasteiger partial charge in [-0.1, -0.05) is 30.3 Å². The molecule has 0 aliphatic carbocycles. The molecule has 1 fully saturated rings. The van der Waals surface area contributed by atoms with Gasteiger partial charge in [0.15, 0.2) is 23.2 Å². The predicted molar refractivity (Wildman–Crippen MR) is 162 cm³/mol. The van der Waals surface area contributed by atoms with Crippen LogP contribution in [0.5, 0.6) is 0 Å². The van der Waals surface area contributed by atoms with Crippen molar-refractivity contribution in [3.63, 3.8) is 0 Å². The number of aliphatic hydroxyl groups is 2. The topological polar surface area (TPSA) is 337 Å². The van der Waals surface area contributed by atoms with Crippen molar-refractivity contribution in [2.45, 2.75) is 24.5 Å². The third kappa shape index (κ3) is 7.85. The Labute approximate surface area is 262 Å². The third-order valence-corrected chi connectivity index (χ3v) is 11.4. The van der Waals surface area contributed by atoms with E-state index in [4.69, 9.17) is 16.2 Å². The number of hydrogen-bond donors (Lipinski definition) is 10. The van der Waals surface area contributed by atoms with Crippen LogP contribution in [0, 0.1) is 0 Å². The molecule has 0 saturated carbocycles. The van der Waals surface area contributed by atoms with Gasteiger partial charge in [0.25, 0.3) is 5.56 Å². The monoisotopic (exact) mass is 716 g/mol. The highest BCUT2D eigenvalue weighted by atomic mass is 31.3. The first-order valence-electron chi connectivity index (χ1n) is 13.1. The lowest BCUT2D eigenvalue weighted by Gasteiger charge is -2.22. The maximum atomic E-state index is 12.7. The van der Waals surface area contributed by atoms with E-state index in [-0.39, 0.29) is 34.1 Å². The van der Waals surface area contributed by atoms with Gasteiger partial charge in [0.2, 0.25) is 5.95 Å². The average Bonchev–Trinajstić information content (AvgIpc) is 3.52. The van der Waals surface area contributed by atoms with Crippen molar-refractivity contribution in [3.8, 4) is 0 Å². The summed E-state index contributed by atoms with van der Waals surface area (Å²) in [7, 11) is -16.2. The van der Waals surface area contributed by atoms with Crippen molar-refractivity contribution in [1.29, 1.82) is 0 Å². The van der Waals surface area contributed by atoms with Crippen molar-refractivity contribution in [3.05, 3.63) is 76.3 Å². The number of phosphoric ester groups is 1. The van der Waals surface area contributed by atoms with Crippen LogP contribution in [0.4, 0.5) is 17.3 Å². The van der Waals surface area contributed by atoms with E-state index in [0.29, 0.717) is 5.56 Å². The van der Waals surface area contributed by atoms with E-state index in [0.717, 1.165) is 17.0 Å². The number of rotatable bonds is 12. The van der Waals surface area contributed by atoms with Gasteiger partial charge >= 0.3 is 23.2 Å². The number of ether oxygens (including phenoxy) is 1. The van der Waals surface area contributed by atoms with Crippen LogP contribution in [0.1, 0.15) is 22.1 Å². The molecule has 2 aromatic carbocycles. The minimum Gasteiger partial charge on any atom is -0.397 e. The number of nitrogens with two attached hydrogens (primary N) is 2. The van der Waals surface area contributed by atoms with E-state index in [1.807, 2.05) is 5.09 Å². The molecule has 12 N–H and O–H groups in total. The second-order valence-electron chi connectivity index (χ2n) is 9.97. The lowest BCUT2D eigenvalue weighted by Crippen LogP contribution is -2.33. The smallest absolute Gasteiger partial charge is 0.397 e. The summed E-state index contributed by atoms with van der Waals surface area (Å²) in [5.41, 5.74) is 10.5. The molecule has 7 atom stereocenters. The molecule has 4 aromatic rings. The Morgan fingerprint density at radius 2 is 1.74 bits per heavy atom. The molecule has 1 aliphatic rings. The van der Waals surface area contributed by atoms with Crippen molar-refractivity contribution >= 4 is 57.5 Å². The number of nitrogen functional groups attached to an aromatic ring is 2. The zero-order valence-electron chi connectivity index (χ0n) is 23.6. The zero-order chi connectivity index (χ0) is 34.3. The SMILES string of the molecule is Nc1nc2c(ncn2[C@@H]2O[C@H](COP(=O)(O)OP(=O)(O)NP(=O)(O)Nc3ccc(C(=O)c4ccccc4)cc3N)[C@@H](O)[C@H]2O)c(=O)[nH]1. The lowest BCUT2D eigenvalue weighted by atomic mass is 10.0. The van der Waals surface area contributed by atoms with E-state index in [9.17, 15) is 48.2 Å². The molecular formula is C23H27N8O13P3. The standard InChI is InChI=1S/C23H27N8O13P3/c24-13-8-12(17(32)11-4-2-1-3-5-11)6-7-14(13)29-45(36,37)30-46(38,39)44-47(40,41)42-9-15-18(33)19(34)22(43-15)31-10-26-16-20(31)27-23(25)28-21(16)35/h1-8,10,15,18-19,22,33-34H,9,24H2,(H,40,41)(H3,25,27,28,35)(H4,29,30,36,37,38,39)/t15-,18-,19-,22-/m1/s1. The van der Waals surface area contributed by atoms with E-state index >= 15 is 0 Å². The Hall–Kier alpha value is -3.81. The number of fused-ring (bicyclic) bond motifs is 1. The molecule has 3 unspecified atom stereocenters. The van der Waals surface area contributed by atoms with Gasteiger partial charge < -0.3 is 46.2 Å². The second kappa shape index (κ2) is 13.0. The van der Waals surface area contributed by atoms with Gasteiger partial charge in [0.05, 0.1) is 24.3 Å². The van der Waals surface area contributed by atoms with E-state index in [1.54, 1.807) is 30.3 Å². The number of benzene rings is 2. The number of ketones is 1. The Morgan fingerprint density at radius 1 is 1.04 bits per heavy atom. The molecule has 1 saturated heterocycles. The summed E-state index contributed by atoms with van der Waals surface area (Å²) in [5, 5.41) is 22.9. The first-order valence-corrected chi connectivity index (χ1v) is 17.8. The number of anilines is 3. The summed E-state index contributed by atoms with van der Waals surface area (Å²) in [5.74, 6) is -0.674. The average molecular weight is 716 g/mol. The normalized spacial score (nSPS) is 23.5. The Morgan fingerprint density at radius 3 is 2.43 bits per heavy atom. The molecular weight excluding hydrogens is 689 g/mol. The second-order valence-corrected chi connectivity index (χ2v) is 15.0. The van der Waals surface area contributed by atoms with Gasteiger partial charge in [-0.3, -0.25) is 23.7 Å². The molecule has 2 aromatic heterocycles. The summed E-state index contributed by atoms with van der Waals surface area (Å²) in [6.45, 7) is -1.01. The largest absolute Gasteiger partial charge is 0.480 e. The molecule has 1 aliphatic heterocycles. The number of aliphatic hydroxyl groups excluding tert-OH is 2. The highest BCUT2D eigenvalue weighted by molar-refractivity contribution is 7.73. The van der Waals surface area contributed by atoms with Gasteiger partial charge in [-0.15, -0.1) is 4.86 Å². The first kappa shape index (κ1) is 34.5. The maximum absolute atomic E-state index is 12.7. The van der Waals surface area contributed by atoms with Crippen molar-refractivity contribution < 1.29 is 57.0 Å². The first-order chi connectivity index (χ1) is 22.0. The Bertz CT molecular complexity index is 2030. The number of carbonyl (C=O) groups is 1. The minimum absolute atomic E-state index is 0.118. The fraction of sp³-hybridized carbons (Fsp3) is 0.217. The molecule has 24 heteroatoms. The summed E-state index contributed by atoms with van der Waals surface area (Å²) in [4.78, 5) is 66.3. The molecule has 5 rings (SSSR count). The van der Waals surface area contributed by atoms with Gasteiger partial charge in [-0.2, -0.15) is 9.29 Å². The number of aromatic nitrogens is 4. The van der Waals surface area contributed by atoms with Crippen LogP contribution < -0.4 is 27.0 Å². The number of carbonyl (C=O) groups excluding carboxylic acids is 1. The van der Waals surface area contributed by atoms with Gasteiger partial charge in [0, 0.05) is 11.1 Å². The van der Waals surface area contributed by atoms with Crippen molar-refractivity contribution in [2.75, 3.05) is 23.2 Å². The minimum atomic E-state index is -5.61. The van der Waals surface area contributed by atoms with Crippen LogP contribution in [0.2, 0.25) is 0 Å². The van der Waals surface area contributed by atoms with Crippen molar-refractivity contribution in [2.24, 2.45) is 0 Å². The Kier molecular flexibility index (Phi) is 9.55. The number of nitrogens with one attached hydrogen (secondary N) is 3. The number of phosphoric acid groups is 1. The van der Waals surface area contributed by atoms with Crippen LogP contribution >= 0.6 is 23.2 Å². The fourth-order valence-electron chi connectivity index (χ4n) is 4.50. The summed E-state index contributed by atoms with van der Waals surface area (Å²) < 4.78 is 53.1. The molecule has 3 heterocycles. The predicted octanol–water partition coefficient (Wildman–Crippen LogP) is 0.170. The van der Waals surface area contributed by atoms with Crippen LogP contribution in [-0.4, -0.2) is 75.1 Å². The fourth-order valence-corrected chi connectivity index (χ4v) is 8.71. The number of imidazole rings is 1. The highest BCUT2D eigenvalue weighted by Crippen LogP contribution is 2.62. The van der Waals surface area contributed by atoms with Crippen LogP contribution in [0.15, 0.2) is 59.7 Å². The van der Waals surface area contributed by atoms with E-state index < -0.39 is 65.7 Å². The number of aromatic amines is 1. The van der Waals surface area contributed by atoms with E-state index in [1.165, 1.54) is 17.0 Å². The summed E-state index contributed by atoms with van der Waals surface area (Å²) >= 11 is 0. The van der Waals surface area contributed by atoms with Crippen molar-refractivity contribution in [1.82, 2.24) is 24.4 Å². The molecule has 21 nitrogen and oxygen atoms in total. The van der Waals surface area contributed by atoms with Gasteiger partial charge in [0.1, 0.15) is 18.3 Å². The molecule has 252 valence electrons. The quantitative estimate of drug-likeness (QED) is 0.0530. The molecule has 0 amide bonds. The third-order valence-electron chi connectivity index (χ3n) is 6.56. The molecule has 47 heavy (non-hydrogen) atoms. The van der Waals surface area contributed by atoms with Gasteiger partial charge in [-0.05, 0) is 18.2 Å². The molecule has 0 spiro atoms. The van der Waals surface area contributed by atoms with E-state index in [2.05, 4.69) is 23.8 Å². The van der Waals surface area contributed by atoms with Crippen LogP contribution in [0.3, 0.4) is 0 Å². The highest BCUT2D eigenvalue weighted by Gasteiger charge is 2.46. The zero-order valence-corrected chi connectivity index (χ0v) is 26.2. The Balaban J connectivity index is 1.20. The number of H-pyrrole nitrogens is 1.